The summed E-state index contributed by atoms with van der Waals surface area (Å²) in [5.74, 6) is -0.306. The van der Waals surface area contributed by atoms with Crippen molar-refractivity contribution >= 4 is 38.2 Å². The minimum absolute atomic E-state index is 0.306. The summed E-state index contributed by atoms with van der Waals surface area (Å²) >= 11 is 1.53. The van der Waals surface area contributed by atoms with Crippen molar-refractivity contribution in [3.8, 4) is 0 Å². The fraction of sp³-hybridized carbons (Fsp3) is 0.167. The van der Waals surface area contributed by atoms with Crippen LogP contribution >= 0.6 is 11.3 Å². The number of aromatic nitrogens is 3. The van der Waals surface area contributed by atoms with Gasteiger partial charge >= 0.3 is 0 Å². The smallest absolute Gasteiger partial charge is 0.300 e. The van der Waals surface area contributed by atoms with Crippen LogP contribution in [0.2, 0.25) is 0 Å². The van der Waals surface area contributed by atoms with Gasteiger partial charge in [0, 0.05) is 31.2 Å². The molecular weight excluding hydrogens is 320 g/mol. The number of carbonyl (C=O) groups is 1. The predicted octanol–water partition coefficient (Wildman–Crippen LogP) is 3.18. The summed E-state index contributed by atoms with van der Waals surface area (Å²) in [7, 11) is 3.74. The van der Waals surface area contributed by atoms with Gasteiger partial charge in [0.2, 0.25) is 0 Å². The number of hydrogen-bond donors (Lipinski definition) is 0. The normalized spacial score (nSPS) is 12.4. The van der Waals surface area contributed by atoms with Crippen molar-refractivity contribution < 1.29 is 4.79 Å². The van der Waals surface area contributed by atoms with Crippen molar-refractivity contribution in [1.29, 1.82) is 0 Å². The molecular formula is C18H16N4OS. The van der Waals surface area contributed by atoms with Crippen molar-refractivity contribution in [3.63, 3.8) is 0 Å². The van der Waals surface area contributed by atoms with Crippen molar-refractivity contribution in [2.45, 2.75) is 6.92 Å². The number of thiazole rings is 1. The summed E-state index contributed by atoms with van der Waals surface area (Å²) in [4.78, 5) is 17.5. The second-order valence-electron chi connectivity index (χ2n) is 5.83. The summed E-state index contributed by atoms with van der Waals surface area (Å²) in [5.41, 5.74) is 2.31. The topological polar surface area (TPSA) is 52.2 Å². The molecule has 0 aliphatic rings. The molecule has 1 amide bonds. The summed E-state index contributed by atoms with van der Waals surface area (Å²) in [5, 5.41) is 6.57. The Morgan fingerprint density at radius 3 is 2.71 bits per heavy atom. The van der Waals surface area contributed by atoms with E-state index >= 15 is 0 Å². The second-order valence-corrected chi connectivity index (χ2v) is 6.81. The lowest BCUT2D eigenvalue weighted by Crippen LogP contribution is -2.14. The lowest BCUT2D eigenvalue weighted by atomic mass is 10.1. The number of benzene rings is 2. The second kappa shape index (κ2) is 5.42. The quantitative estimate of drug-likeness (QED) is 0.536. The van der Waals surface area contributed by atoms with Crippen LogP contribution in [0, 0.1) is 6.92 Å². The first-order valence-electron chi connectivity index (χ1n) is 7.61. The first-order chi connectivity index (χ1) is 11.5. The van der Waals surface area contributed by atoms with Crippen LogP contribution in [-0.4, -0.2) is 20.3 Å². The molecule has 0 radical (unpaired) electrons. The summed E-state index contributed by atoms with van der Waals surface area (Å²) in [6.07, 6.45) is 1.82. The molecule has 0 saturated carbocycles. The zero-order valence-corrected chi connectivity index (χ0v) is 14.5. The van der Waals surface area contributed by atoms with E-state index in [1.165, 1.54) is 22.1 Å². The first-order valence-corrected chi connectivity index (χ1v) is 8.43. The molecule has 4 rings (SSSR count). The summed E-state index contributed by atoms with van der Waals surface area (Å²) in [6.45, 7) is 1.87. The van der Waals surface area contributed by atoms with Crippen molar-refractivity contribution in [3.05, 3.63) is 58.7 Å². The molecule has 0 N–H and O–H groups in total. The Hall–Kier alpha value is -2.73. The van der Waals surface area contributed by atoms with Crippen LogP contribution in [0.15, 0.2) is 47.6 Å². The van der Waals surface area contributed by atoms with E-state index in [9.17, 15) is 4.79 Å². The number of carbonyl (C=O) groups excluding carboxylic acids is 1. The molecule has 120 valence electrons. The lowest BCUT2D eigenvalue weighted by molar-refractivity contribution is 0.0992. The maximum absolute atomic E-state index is 12.5. The average Bonchev–Trinajstić information content (AvgIpc) is 3.07. The Morgan fingerprint density at radius 1 is 1.17 bits per heavy atom. The molecule has 5 nitrogen and oxygen atoms in total. The van der Waals surface area contributed by atoms with Gasteiger partial charge in [-0.25, -0.2) is 0 Å². The summed E-state index contributed by atoms with van der Waals surface area (Å²) in [6, 6.07) is 12.4. The van der Waals surface area contributed by atoms with Crippen LogP contribution < -0.4 is 4.80 Å². The number of aryl methyl sites for hydroxylation is 3. The van der Waals surface area contributed by atoms with Gasteiger partial charge in [-0.15, -0.1) is 0 Å². The van der Waals surface area contributed by atoms with Crippen LogP contribution in [0.3, 0.4) is 0 Å². The highest BCUT2D eigenvalue weighted by Crippen LogP contribution is 2.27. The van der Waals surface area contributed by atoms with E-state index in [2.05, 4.69) is 34.4 Å². The Morgan fingerprint density at radius 2 is 1.96 bits per heavy atom. The number of hydrogen-bond acceptors (Lipinski definition) is 3. The van der Waals surface area contributed by atoms with Gasteiger partial charge in [0.05, 0.1) is 10.2 Å². The van der Waals surface area contributed by atoms with E-state index in [0.717, 1.165) is 15.8 Å². The zero-order chi connectivity index (χ0) is 16.8. The molecule has 0 aliphatic carbocycles. The number of nitrogens with zero attached hydrogens (tertiary/aromatic N) is 4. The lowest BCUT2D eigenvalue weighted by Gasteiger charge is -1.99. The van der Waals surface area contributed by atoms with Crippen molar-refractivity contribution in [2.75, 3.05) is 0 Å². The van der Waals surface area contributed by atoms with Gasteiger partial charge in [0.25, 0.3) is 5.91 Å². The molecule has 2 heterocycles. The standard InChI is InChI=1S/C18H16N4OS/c1-11-10-21(2)20-15(11)17(23)19-18-22(3)14-9-8-12-6-4-5-7-13(12)16(14)24-18/h4-10H,1-3H3. The first kappa shape index (κ1) is 14.8. The molecule has 6 heteroatoms. The fourth-order valence-corrected chi connectivity index (χ4v) is 4.07. The SMILES string of the molecule is Cc1cn(C)nc1C(=O)N=c1sc2c3ccccc3ccc2n1C. The molecule has 0 atom stereocenters. The van der Waals surface area contributed by atoms with Gasteiger partial charge < -0.3 is 4.57 Å². The van der Waals surface area contributed by atoms with Gasteiger partial charge in [-0.3, -0.25) is 9.48 Å². The third-order valence-corrected chi connectivity index (χ3v) is 5.29. The van der Waals surface area contributed by atoms with E-state index in [4.69, 9.17) is 0 Å². The molecule has 2 aromatic carbocycles. The van der Waals surface area contributed by atoms with E-state index < -0.39 is 0 Å². The minimum Gasteiger partial charge on any atom is -0.319 e. The predicted molar refractivity (Wildman–Crippen MR) is 96.1 cm³/mol. The van der Waals surface area contributed by atoms with E-state index in [1.807, 2.05) is 36.9 Å². The minimum atomic E-state index is -0.306. The monoisotopic (exact) mass is 336 g/mol. The Balaban J connectivity index is 1.93. The molecule has 4 aromatic rings. The van der Waals surface area contributed by atoms with Crippen molar-refractivity contribution in [2.24, 2.45) is 19.1 Å². The van der Waals surface area contributed by atoms with Gasteiger partial charge in [-0.2, -0.15) is 10.1 Å². The van der Waals surface area contributed by atoms with Gasteiger partial charge in [0.1, 0.15) is 0 Å². The third kappa shape index (κ3) is 2.27. The van der Waals surface area contributed by atoms with Crippen molar-refractivity contribution in [1.82, 2.24) is 14.3 Å². The highest BCUT2D eigenvalue weighted by molar-refractivity contribution is 7.17. The number of fused-ring (bicyclic) bond motifs is 3. The number of amides is 1. The van der Waals surface area contributed by atoms with E-state index in [1.54, 1.807) is 11.7 Å². The molecule has 0 bridgehead atoms. The Labute approximate surface area is 142 Å². The average molecular weight is 336 g/mol. The zero-order valence-electron chi connectivity index (χ0n) is 13.6. The van der Waals surface area contributed by atoms with Crippen LogP contribution in [0.1, 0.15) is 16.1 Å². The third-order valence-electron chi connectivity index (χ3n) is 4.11. The molecule has 2 aromatic heterocycles. The van der Waals surface area contributed by atoms with Crippen LogP contribution in [-0.2, 0) is 14.1 Å². The Kier molecular flexibility index (Phi) is 3.35. The molecule has 0 fully saturated rings. The van der Waals surface area contributed by atoms with Gasteiger partial charge in [-0.05, 0) is 18.4 Å². The van der Waals surface area contributed by atoms with E-state index in [-0.39, 0.29) is 5.91 Å². The van der Waals surface area contributed by atoms with E-state index in [0.29, 0.717) is 10.5 Å². The van der Waals surface area contributed by atoms with Crippen LogP contribution in [0.5, 0.6) is 0 Å². The van der Waals surface area contributed by atoms with Gasteiger partial charge in [0.15, 0.2) is 10.5 Å². The maximum Gasteiger partial charge on any atom is 0.300 e. The largest absolute Gasteiger partial charge is 0.319 e. The van der Waals surface area contributed by atoms with Gasteiger partial charge in [-0.1, -0.05) is 41.7 Å². The molecule has 0 aliphatic heterocycles. The highest BCUT2D eigenvalue weighted by Gasteiger charge is 2.14. The Bertz CT molecular complexity index is 1160. The molecule has 0 saturated heterocycles. The number of rotatable bonds is 1. The molecule has 0 unspecified atom stereocenters. The summed E-state index contributed by atoms with van der Waals surface area (Å²) < 4.78 is 4.74. The molecule has 24 heavy (non-hydrogen) atoms. The fourth-order valence-electron chi connectivity index (χ4n) is 2.92. The maximum atomic E-state index is 12.5. The van der Waals surface area contributed by atoms with Crippen LogP contribution in [0.25, 0.3) is 21.0 Å². The molecule has 0 spiro atoms. The highest BCUT2D eigenvalue weighted by atomic mass is 32.1. The van der Waals surface area contributed by atoms with Crippen LogP contribution in [0.4, 0.5) is 0 Å².